The van der Waals surface area contributed by atoms with E-state index in [1.54, 1.807) is 4.90 Å². The van der Waals surface area contributed by atoms with E-state index in [0.29, 0.717) is 29.9 Å². The fourth-order valence-corrected chi connectivity index (χ4v) is 5.68. The van der Waals surface area contributed by atoms with E-state index in [2.05, 4.69) is 26.4 Å². The van der Waals surface area contributed by atoms with Crippen molar-refractivity contribution in [3.05, 3.63) is 63.1 Å². The Labute approximate surface area is 213 Å². The van der Waals surface area contributed by atoms with Crippen LogP contribution in [-0.2, 0) is 6.54 Å². The molecule has 0 radical (unpaired) electrons. The van der Waals surface area contributed by atoms with Gasteiger partial charge in [-0.05, 0) is 47.2 Å². The lowest BCUT2D eigenvalue weighted by molar-refractivity contribution is 0.0546. The number of benzene rings is 1. The number of nitrogens with zero attached hydrogens (tertiary/aromatic N) is 3. The fourth-order valence-electron chi connectivity index (χ4n) is 5.04. The van der Waals surface area contributed by atoms with Crippen LogP contribution in [0, 0.1) is 17.0 Å². The highest BCUT2D eigenvalue weighted by Crippen LogP contribution is 2.47. The molecule has 0 saturated carbocycles. The van der Waals surface area contributed by atoms with Crippen molar-refractivity contribution in [1.82, 2.24) is 14.8 Å². The van der Waals surface area contributed by atoms with Gasteiger partial charge in [0.05, 0.1) is 6.04 Å². The highest BCUT2D eigenvalue weighted by atomic mass is 79.9. The summed E-state index contributed by atoms with van der Waals surface area (Å²) >= 11 is 3.24. The number of hydrogen-bond donors (Lipinski definition) is 3. The van der Waals surface area contributed by atoms with Crippen molar-refractivity contribution in [3.8, 4) is 5.75 Å². The number of carbonyl (C=O) groups excluding carboxylic acids is 2. The highest BCUT2D eigenvalue weighted by molar-refractivity contribution is 9.18. The molecule has 1 aromatic heterocycles. The van der Waals surface area contributed by atoms with Crippen molar-refractivity contribution in [2.24, 2.45) is 10.6 Å². The molecule has 2 bridgehead atoms. The zero-order valence-electron chi connectivity index (χ0n) is 19.6. The van der Waals surface area contributed by atoms with Gasteiger partial charge in [0.15, 0.2) is 11.4 Å². The maximum Gasteiger partial charge on any atom is 0.274 e. The van der Waals surface area contributed by atoms with E-state index in [1.165, 1.54) is 16.8 Å². The molecule has 9 nitrogen and oxygen atoms in total. The molecule has 2 aliphatic rings. The van der Waals surface area contributed by atoms with Gasteiger partial charge < -0.3 is 25.1 Å². The third kappa shape index (κ3) is 4.49. The van der Waals surface area contributed by atoms with Crippen molar-refractivity contribution in [3.63, 3.8) is 0 Å². The number of amides is 2. The molecule has 3 atom stereocenters. The standard InChI is InChI=1S/C24H25BrF2N4O5/c1-12-5-6-24(2,8-18(25)29-36)17-11-30(12)23(35)19-21(33)20(32)15(10-31(17)19)22(34)28-9-13-3-4-14(26)7-16(13)27/h3-4,7,10,12,17,33,36H,5-6,8-9,11H2,1-2H3,(H,28,34)/b29-18+/t12-,17+,24+/m0/s1. The van der Waals surface area contributed by atoms with Crippen LogP contribution in [0.5, 0.6) is 5.75 Å². The second-order valence-electron chi connectivity index (χ2n) is 9.56. The fraction of sp³-hybridized carbons (Fsp3) is 0.417. The topological polar surface area (TPSA) is 124 Å². The van der Waals surface area contributed by atoms with Gasteiger partial charge in [-0.1, -0.05) is 18.1 Å². The van der Waals surface area contributed by atoms with Gasteiger partial charge in [-0.2, -0.15) is 0 Å². The lowest BCUT2D eigenvalue weighted by Crippen LogP contribution is -2.50. The normalized spacial score (nSPS) is 23.8. The summed E-state index contributed by atoms with van der Waals surface area (Å²) in [5, 5.41) is 25.7. The van der Waals surface area contributed by atoms with Crippen molar-refractivity contribution in [1.29, 1.82) is 0 Å². The first-order valence-corrected chi connectivity index (χ1v) is 12.1. The van der Waals surface area contributed by atoms with E-state index >= 15 is 0 Å². The molecule has 0 aliphatic carbocycles. The van der Waals surface area contributed by atoms with Gasteiger partial charge in [-0.3, -0.25) is 14.4 Å². The van der Waals surface area contributed by atoms with Crippen LogP contribution in [0.3, 0.4) is 0 Å². The predicted molar refractivity (Wildman–Crippen MR) is 130 cm³/mol. The molecule has 1 aromatic carbocycles. The van der Waals surface area contributed by atoms with Gasteiger partial charge in [0.1, 0.15) is 21.8 Å². The smallest absolute Gasteiger partial charge is 0.274 e. The number of pyridine rings is 1. The van der Waals surface area contributed by atoms with Crippen molar-refractivity contribution < 1.29 is 28.7 Å². The van der Waals surface area contributed by atoms with Crippen molar-refractivity contribution in [2.75, 3.05) is 6.54 Å². The average molecular weight is 567 g/mol. The zero-order chi connectivity index (χ0) is 26.4. The Morgan fingerprint density at radius 3 is 2.72 bits per heavy atom. The number of hydrogen-bond acceptors (Lipinski definition) is 6. The number of carbonyl (C=O) groups is 2. The summed E-state index contributed by atoms with van der Waals surface area (Å²) in [6.07, 6.45) is 2.82. The minimum absolute atomic E-state index is 0.0105. The Morgan fingerprint density at radius 1 is 1.33 bits per heavy atom. The third-order valence-corrected chi connectivity index (χ3v) is 7.65. The molecule has 2 amide bonds. The molecule has 0 unspecified atom stereocenters. The number of fused-ring (bicyclic) bond motifs is 4. The predicted octanol–water partition coefficient (Wildman–Crippen LogP) is 3.52. The van der Waals surface area contributed by atoms with E-state index in [0.717, 1.165) is 6.07 Å². The van der Waals surface area contributed by atoms with Crippen LogP contribution in [0.4, 0.5) is 8.78 Å². The largest absolute Gasteiger partial charge is 0.503 e. The summed E-state index contributed by atoms with van der Waals surface area (Å²) in [5.74, 6) is -3.87. The van der Waals surface area contributed by atoms with Crippen LogP contribution in [-0.4, -0.2) is 48.8 Å². The summed E-state index contributed by atoms with van der Waals surface area (Å²) in [6.45, 7) is 3.78. The van der Waals surface area contributed by atoms with Gasteiger partial charge >= 0.3 is 0 Å². The summed E-state index contributed by atoms with van der Waals surface area (Å²) in [7, 11) is 0. The number of halogens is 3. The Kier molecular flexibility index (Phi) is 6.91. The van der Waals surface area contributed by atoms with Crippen LogP contribution in [0.2, 0.25) is 0 Å². The first kappa shape index (κ1) is 25.8. The lowest BCUT2D eigenvalue weighted by Gasteiger charge is -2.43. The van der Waals surface area contributed by atoms with E-state index in [1.807, 2.05) is 13.8 Å². The molecule has 12 heteroatoms. The third-order valence-electron chi connectivity index (χ3n) is 7.21. The molecular weight excluding hydrogens is 542 g/mol. The highest BCUT2D eigenvalue weighted by Gasteiger charge is 2.48. The second-order valence-corrected chi connectivity index (χ2v) is 10.5. The maximum atomic E-state index is 14.0. The van der Waals surface area contributed by atoms with Crippen LogP contribution in [0.15, 0.2) is 34.3 Å². The minimum atomic E-state index is -1.03. The lowest BCUT2D eigenvalue weighted by atomic mass is 9.75. The summed E-state index contributed by atoms with van der Waals surface area (Å²) in [6, 6.07) is 2.28. The number of aromatic nitrogens is 1. The van der Waals surface area contributed by atoms with Crippen molar-refractivity contribution in [2.45, 2.75) is 51.7 Å². The number of rotatable bonds is 5. The Morgan fingerprint density at radius 2 is 2.06 bits per heavy atom. The Bertz CT molecular complexity index is 1330. The SMILES string of the molecule is C[C@H]1CC[C@](C)(C/C(Br)=N\O)[C@H]2CN1C(=O)c1c(O)c(=O)c(C(=O)NCc3ccc(F)cc3F)cn12. The molecule has 0 spiro atoms. The molecule has 2 aliphatic heterocycles. The van der Waals surface area contributed by atoms with E-state index in [-0.39, 0.29) is 30.4 Å². The molecule has 3 heterocycles. The molecule has 2 aromatic rings. The van der Waals surface area contributed by atoms with Crippen LogP contribution in [0.1, 0.15) is 65.6 Å². The maximum absolute atomic E-state index is 14.0. The van der Waals surface area contributed by atoms with Gasteiger partial charge in [-0.15, -0.1) is 0 Å². The number of aromatic hydroxyl groups is 1. The molecule has 192 valence electrons. The molecule has 4 rings (SSSR count). The van der Waals surface area contributed by atoms with E-state index < -0.39 is 51.6 Å². The first-order chi connectivity index (χ1) is 17.0. The average Bonchev–Trinajstić information content (AvgIpc) is 2.94. The van der Waals surface area contributed by atoms with Gasteiger partial charge in [-0.25, -0.2) is 8.78 Å². The van der Waals surface area contributed by atoms with Gasteiger partial charge in [0.25, 0.3) is 11.8 Å². The summed E-state index contributed by atoms with van der Waals surface area (Å²) in [4.78, 5) is 40.7. The van der Waals surface area contributed by atoms with Crippen LogP contribution in [0.25, 0.3) is 0 Å². The molecule has 1 fully saturated rings. The minimum Gasteiger partial charge on any atom is -0.503 e. The monoisotopic (exact) mass is 566 g/mol. The summed E-state index contributed by atoms with van der Waals surface area (Å²) in [5.41, 5.74) is -2.23. The molecular formula is C24H25BrF2N4O5. The number of oxime groups is 1. The van der Waals surface area contributed by atoms with Crippen LogP contribution < -0.4 is 10.7 Å². The first-order valence-electron chi connectivity index (χ1n) is 11.3. The van der Waals surface area contributed by atoms with Gasteiger partial charge in [0.2, 0.25) is 5.43 Å². The Hall–Kier alpha value is -3.28. The van der Waals surface area contributed by atoms with Gasteiger partial charge in [0, 0.05) is 43.4 Å². The van der Waals surface area contributed by atoms with E-state index in [4.69, 9.17) is 0 Å². The molecule has 1 saturated heterocycles. The molecule has 36 heavy (non-hydrogen) atoms. The second kappa shape index (κ2) is 9.64. The van der Waals surface area contributed by atoms with E-state index in [9.17, 15) is 33.5 Å². The Balaban J connectivity index is 1.76. The summed E-state index contributed by atoms with van der Waals surface area (Å²) < 4.78 is 28.9. The molecule has 3 N–H and O–H groups in total. The zero-order valence-corrected chi connectivity index (χ0v) is 21.2. The quantitative estimate of drug-likeness (QED) is 0.290. The number of nitrogens with one attached hydrogen (secondary N) is 1. The van der Waals surface area contributed by atoms with Crippen LogP contribution >= 0.6 is 15.9 Å². The van der Waals surface area contributed by atoms with Crippen molar-refractivity contribution >= 4 is 32.4 Å².